The topological polar surface area (TPSA) is 131 Å². The number of hydrogen-bond acceptors (Lipinski definition) is 8. The SMILES string of the molecule is COc1ccc(-c2noc(CN3CCN(C(=O)c4c[nH]c5ccc([N+](=O)[O-])cc45)CC3)n2)cc1. The van der Waals surface area contributed by atoms with Gasteiger partial charge < -0.3 is 19.1 Å². The number of carbonyl (C=O) groups is 1. The molecule has 0 atom stereocenters. The van der Waals surface area contributed by atoms with E-state index in [2.05, 4.69) is 20.0 Å². The number of nitrogens with one attached hydrogen (secondary N) is 1. The molecule has 1 aliphatic heterocycles. The van der Waals surface area contributed by atoms with Gasteiger partial charge in [-0.2, -0.15) is 4.98 Å². The monoisotopic (exact) mass is 462 g/mol. The standard InChI is InChI=1S/C23H22N6O5/c1-33-17-5-2-15(3-6-17)22-25-21(34-26-22)14-27-8-10-28(11-9-27)23(30)19-13-24-20-7-4-16(29(31)32)12-18(19)20/h2-7,12-13,24H,8-11,14H2,1H3. The Morgan fingerprint density at radius 1 is 1.18 bits per heavy atom. The number of nitro benzene ring substituents is 1. The quantitative estimate of drug-likeness (QED) is 0.342. The predicted octanol–water partition coefficient (Wildman–Crippen LogP) is 3.09. The van der Waals surface area contributed by atoms with E-state index in [1.807, 2.05) is 24.3 Å². The minimum Gasteiger partial charge on any atom is -0.497 e. The van der Waals surface area contributed by atoms with Gasteiger partial charge in [0.1, 0.15) is 5.75 Å². The summed E-state index contributed by atoms with van der Waals surface area (Å²) in [6.45, 7) is 2.84. The molecule has 11 nitrogen and oxygen atoms in total. The second-order valence-corrected chi connectivity index (χ2v) is 8.00. The number of fused-ring (bicyclic) bond motifs is 1. The Bertz CT molecular complexity index is 1340. The van der Waals surface area contributed by atoms with Gasteiger partial charge in [0.15, 0.2) is 0 Å². The van der Waals surface area contributed by atoms with E-state index >= 15 is 0 Å². The van der Waals surface area contributed by atoms with Crippen LogP contribution in [-0.4, -0.2) is 69.0 Å². The summed E-state index contributed by atoms with van der Waals surface area (Å²) in [5.41, 5.74) is 1.93. The summed E-state index contributed by atoms with van der Waals surface area (Å²) in [7, 11) is 1.61. The molecule has 0 bridgehead atoms. The number of hydrogen-bond donors (Lipinski definition) is 1. The number of amides is 1. The number of nitrogens with zero attached hydrogens (tertiary/aromatic N) is 5. The maximum Gasteiger partial charge on any atom is 0.270 e. The average molecular weight is 462 g/mol. The summed E-state index contributed by atoms with van der Waals surface area (Å²) in [5.74, 6) is 1.63. The van der Waals surface area contributed by atoms with Gasteiger partial charge in [0.2, 0.25) is 11.7 Å². The van der Waals surface area contributed by atoms with E-state index in [-0.39, 0.29) is 11.6 Å². The number of methoxy groups -OCH3 is 1. The molecule has 2 aromatic heterocycles. The van der Waals surface area contributed by atoms with Gasteiger partial charge in [0.25, 0.3) is 11.6 Å². The van der Waals surface area contributed by atoms with Gasteiger partial charge in [0.05, 0.1) is 24.1 Å². The number of rotatable bonds is 6. The van der Waals surface area contributed by atoms with E-state index in [1.165, 1.54) is 12.1 Å². The number of benzene rings is 2. The third-order valence-corrected chi connectivity index (χ3v) is 5.94. The lowest BCUT2D eigenvalue weighted by Crippen LogP contribution is -2.48. The third-order valence-electron chi connectivity index (χ3n) is 5.94. The Morgan fingerprint density at radius 3 is 2.65 bits per heavy atom. The lowest BCUT2D eigenvalue weighted by Gasteiger charge is -2.33. The zero-order chi connectivity index (χ0) is 23.7. The number of carbonyl (C=O) groups excluding carboxylic acids is 1. The second-order valence-electron chi connectivity index (χ2n) is 8.00. The normalized spacial score (nSPS) is 14.4. The van der Waals surface area contributed by atoms with E-state index in [0.717, 1.165) is 11.3 Å². The molecule has 0 radical (unpaired) electrons. The fourth-order valence-electron chi connectivity index (χ4n) is 4.05. The van der Waals surface area contributed by atoms with Crippen LogP contribution in [0.1, 0.15) is 16.2 Å². The van der Waals surface area contributed by atoms with Crippen molar-refractivity contribution in [1.82, 2.24) is 24.9 Å². The number of ether oxygens (including phenoxy) is 1. The molecule has 0 spiro atoms. The van der Waals surface area contributed by atoms with Crippen molar-refractivity contribution in [3.63, 3.8) is 0 Å². The van der Waals surface area contributed by atoms with E-state index in [9.17, 15) is 14.9 Å². The first-order valence-corrected chi connectivity index (χ1v) is 10.8. The molecule has 11 heteroatoms. The smallest absolute Gasteiger partial charge is 0.270 e. The zero-order valence-electron chi connectivity index (χ0n) is 18.4. The highest BCUT2D eigenvalue weighted by Crippen LogP contribution is 2.25. The van der Waals surface area contributed by atoms with Crippen LogP contribution >= 0.6 is 0 Å². The van der Waals surface area contributed by atoms with E-state index in [4.69, 9.17) is 9.26 Å². The molecule has 1 N–H and O–H groups in total. The van der Waals surface area contributed by atoms with Crippen LogP contribution in [0.25, 0.3) is 22.3 Å². The lowest BCUT2D eigenvalue weighted by atomic mass is 10.1. The fraction of sp³-hybridized carbons (Fsp3) is 0.261. The molecule has 3 heterocycles. The van der Waals surface area contributed by atoms with Crippen LogP contribution < -0.4 is 4.74 Å². The molecule has 1 aliphatic rings. The summed E-state index contributed by atoms with van der Waals surface area (Å²) in [5, 5.41) is 15.7. The van der Waals surface area contributed by atoms with Crippen LogP contribution in [0.15, 0.2) is 53.2 Å². The largest absolute Gasteiger partial charge is 0.497 e. The van der Waals surface area contributed by atoms with E-state index in [1.54, 1.807) is 24.3 Å². The van der Waals surface area contributed by atoms with Crippen LogP contribution in [0, 0.1) is 10.1 Å². The molecule has 1 fully saturated rings. The molecule has 1 amide bonds. The van der Waals surface area contributed by atoms with Crippen molar-refractivity contribution >= 4 is 22.5 Å². The molecule has 2 aromatic carbocycles. The molecule has 1 saturated heterocycles. The zero-order valence-corrected chi connectivity index (χ0v) is 18.4. The van der Waals surface area contributed by atoms with Crippen molar-refractivity contribution in [3.05, 3.63) is 70.2 Å². The molecule has 4 aromatic rings. The molecule has 0 unspecified atom stereocenters. The second kappa shape index (κ2) is 8.94. The predicted molar refractivity (Wildman–Crippen MR) is 122 cm³/mol. The Labute approximate surface area is 194 Å². The summed E-state index contributed by atoms with van der Waals surface area (Å²) in [4.78, 5) is 35.2. The summed E-state index contributed by atoms with van der Waals surface area (Å²) < 4.78 is 10.6. The molecule has 5 rings (SSSR count). The number of piperazine rings is 1. The first-order chi connectivity index (χ1) is 16.5. The Morgan fingerprint density at radius 2 is 1.94 bits per heavy atom. The number of non-ortho nitro benzene ring substituents is 1. The maximum atomic E-state index is 13.1. The van der Waals surface area contributed by atoms with Gasteiger partial charge in [-0.1, -0.05) is 5.16 Å². The minimum absolute atomic E-state index is 0.0421. The highest BCUT2D eigenvalue weighted by molar-refractivity contribution is 6.07. The Hall–Kier alpha value is -4.25. The van der Waals surface area contributed by atoms with Crippen LogP contribution in [0.5, 0.6) is 5.75 Å². The van der Waals surface area contributed by atoms with Crippen molar-refractivity contribution in [2.24, 2.45) is 0 Å². The van der Waals surface area contributed by atoms with Gasteiger partial charge in [-0.05, 0) is 30.3 Å². The number of aromatic amines is 1. The molecule has 0 aliphatic carbocycles. The van der Waals surface area contributed by atoms with Crippen molar-refractivity contribution in [3.8, 4) is 17.1 Å². The van der Waals surface area contributed by atoms with Gasteiger partial charge in [-0.25, -0.2) is 0 Å². The first kappa shape index (κ1) is 21.6. The number of H-pyrrole nitrogens is 1. The summed E-state index contributed by atoms with van der Waals surface area (Å²) in [6, 6.07) is 11.9. The summed E-state index contributed by atoms with van der Waals surface area (Å²) in [6.07, 6.45) is 1.61. The highest BCUT2D eigenvalue weighted by Gasteiger charge is 2.25. The molecule has 34 heavy (non-hydrogen) atoms. The molecular formula is C23H22N6O5. The maximum absolute atomic E-state index is 13.1. The lowest BCUT2D eigenvalue weighted by molar-refractivity contribution is -0.384. The fourth-order valence-corrected chi connectivity index (χ4v) is 4.05. The number of aromatic nitrogens is 3. The van der Waals surface area contributed by atoms with Crippen LogP contribution in [-0.2, 0) is 6.54 Å². The van der Waals surface area contributed by atoms with E-state index < -0.39 is 4.92 Å². The Balaban J connectivity index is 1.21. The van der Waals surface area contributed by atoms with Crippen molar-refractivity contribution in [2.75, 3.05) is 33.3 Å². The van der Waals surface area contributed by atoms with Crippen molar-refractivity contribution in [2.45, 2.75) is 6.54 Å². The van der Waals surface area contributed by atoms with Crippen LogP contribution in [0.2, 0.25) is 0 Å². The molecule has 174 valence electrons. The van der Waals surface area contributed by atoms with Crippen LogP contribution in [0.4, 0.5) is 5.69 Å². The molecule has 0 saturated carbocycles. The van der Waals surface area contributed by atoms with Crippen LogP contribution in [0.3, 0.4) is 0 Å². The first-order valence-electron chi connectivity index (χ1n) is 10.8. The minimum atomic E-state index is -0.461. The van der Waals surface area contributed by atoms with Gasteiger partial charge >= 0.3 is 0 Å². The van der Waals surface area contributed by atoms with Gasteiger partial charge in [-0.3, -0.25) is 19.8 Å². The molecular weight excluding hydrogens is 440 g/mol. The van der Waals surface area contributed by atoms with Gasteiger partial charge in [-0.15, -0.1) is 0 Å². The van der Waals surface area contributed by atoms with E-state index in [0.29, 0.717) is 60.9 Å². The average Bonchev–Trinajstić information content (AvgIpc) is 3.51. The summed E-state index contributed by atoms with van der Waals surface area (Å²) >= 11 is 0. The van der Waals surface area contributed by atoms with Crippen molar-refractivity contribution < 1.29 is 19.0 Å². The van der Waals surface area contributed by atoms with Crippen molar-refractivity contribution in [1.29, 1.82) is 0 Å². The Kier molecular flexibility index (Phi) is 5.68. The number of nitro groups is 1. The third kappa shape index (κ3) is 4.20. The highest BCUT2D eigenvalue weighted by atomic mass is 16.6. The van der Waals surface area contributed by atoms with Gasteiger partial charge in [0, 0.05) is 61.0 Å².